The standard InChI is InChI=1S/C17H21NOS/c1-2-17(18)14-8-10-15(11-9-14)19-12-13-20-16-6-4-3-5-7-16/h3-11,17H,2,12-13,18H2,1H3/t17-/m1/s1. The van der Waals surface area contributed by atoms with Crippen molar-refractivity contribution in [1.82, 2.24) is 0 Å². The molecule has 0 unspecified atom stereocenters. The molecular weight excluding hydrogens is 266 g/mol. The summed E-state index contributed by atoms with van der Waals surface area (Å²) in [6.45, 7) is 2.80. The van der Waals surface area contributed by atoms with Crippen molar-refractivity contribution >= 4 is 11.8 Å². The van der Waals surface area contributed by atoms with Gasteiger partial charge in [-0.1, -0.05) is 37.3 Å². The van der Waals surface area contributed by atoms with Gasteiger partial charge in [-0.3, -0.25) is 0 Å². The highest BCUT2D eigenvalue weighted by Crippen LogP contribution is 2.20. The normalized spacial score (nSPS) is 12.1. The molecule has 0 radical (unpaired) electrons. The molecule has 106 valence electrons. The molecule has 2 rings (SSSR count). The summed E-state index contributed by atoms with van der Waals surface area (Å²) in [6.07, 6.45) is 0.952. The molecule has 0 fully saturated rings. The molecule has 3 heteroatoms. The average molecular weight is 287 g/mol. The van der Waals surface area contributed by atoms with Crippen LogP contribution in [0.1, 0.15) is 24.9 Å². The third-order valence-corrected chi connectivity index (χ3v) is 4.09. The maximum Gasteiger partial charge on any atom is 0.119 e. The maximum absolute atomic E-state index is 5.99. The number of ether oxygens (including phenoxy) is 1. The van der Waals surface area contributed by atoms with Gasteiger partial charge in [0.2, 0.25) is 0 Å². The smallest absolute Gasteiger partial charge is 0.119 e. The fourth-order valence-corrected chi connectivity index (χ4v) is 2.63. The lowest BCUT2D eigenvalue weighted by Crippen LogP contribution is -2.08. The first-order valence-electron chi connectivity index (χ1n) is 6.96. The molecule has 0 saturated heterocycles. The molecule has 0 aliphatic heterocycles. The van der Waals surface area contributed by atoms with Gasteiger partial charge in [0.1, 0.15) is 5.75 Å². The molecule has 0 aromatic heterocycles. The molecule has 0 aliphatic rings. The Hall–Kier alpha value is -1.45. The molecule has 1 atom stereocenters. The minimum atomic E-state index is 0.123. The molecule has 2 N–H and O–H groups in total. The van der Waals surface area contributed by atoms with Gasteiger partial charge in [-0.25, -0.2) is 0 Å². The van der Waals surface area contributed by atoms with Crippen molar-refractivity contribution in [1.29, 1.82) is 0 Å². The van der Waals surface area contributed by atoms with Gasteiger partial charge >= 0.3 is 0 Å². The van der Waals surface area contributed by atoms with Crippen LogP contribution in [-0.2, 0) is 0 Å². The first-order chi connectivity index (χ1) is 9.79. The van der Waals surface area contributed by atoms with Gasteiger partial charge in [0.15, 0.2) is 0 Å². The van der Waals surface area contributed by atoms with Crippen molar-refractivity contribution in [3.05, 3.63) is 60.2 Å². The third kappa shape index (κ3) is 4.58. The van der Waals surface area contributed by atoms with Crippen LogP contribution in [0.25, 0.3) is 0 Å². The molecule has 0 heterocycles. The summed E-state index contributed by atoms with van der Waals surface area (Å²) in [5, 5.41) is 0. The summed E-state index contributed by atoms with van der Waals surface area (Å²) >= 11 is 1.81. The predicted molar refractivity (Wildman–Crippen MR) is 86.3 cm³/mol. The van der Waals surface area contributed by atoms with E-state index in [9.17, 15) is 0 Å². The second-order valence-corrected chi connectivity index (χ2v) is 5.76. The SMILES string of the molecule is CC[C@@H](N)c1ccc(OCCSc2ccccc2)cc1. The van der Waals surface area contributed by atoms with Crippen molar-refractivity contribution in [2.24, 2.45) is 5.73 Å². The highest BCUT2D eigenvalue weighted by molar-refractivity contribution is 7.99. The number of thioether (sulfide) groups is 1. The Bertz CT molecular complexity index is 498. The average Bonchev–Trinajstić information content (AvgIpc) is 2.52. The number of nitrogens with two attached hydrogens (primary N) is 1. The lowest BCUT2D eigenvalue weighted by atomic mass is 10.1. The van der Waals surface area contributed by atoms with E-state index in [1.165, 1.54) is 10.5 Å². The molecule has 0 aliphatic carbocycles. The Kier molecular flexibility index (Phi) is 5.96. The van der Waals surface area contributed by atoms with Crippen molar-refractivity contribution in [2.45, 2.75) is 24.3 Å². The van der Waals surface area contributed by atoms with E-state index in [0.29, 0.717) is 6.61 Å². The van der Waals surface area contributed by atoms with Crippen LogP contribution >= 0.6 is 11.8 Å². The lowest BCUT2D eigenvalue weighted by molar-refractivity contribution is 0.344. The largest absolute Gasteiger partial charge is 0.493 e. The summed E-state index contributed by atoms with van der Waals surface area (Å²) in [5.74, 6) is 1.85. The number of benzene rings is 2. The van der Waals surface area contributed by atoms with Crippen LogP contribution in [0.5, 0.6) is 5.75 Å². The van der Waals surface area contributed by atoms with Crippen LogP contribution in [0, 0.1) is 0 Å². The van der Waals surface area contributed by atoms with Gasteiger partial charge in [0.05, 0.1) is 6.61 Å². The highest BCUT2D eigenvalue weighted by Gasteiger charge is 2.03. The molecule has 0 amide bonds. The Morgan fingerprint density at radius 3 is 2.40 bits per heavy atom. The fourth-order valence-electron chi connectivity index (χ4n) is 1.88. The zero-order chi connectivity index (χ0) is 14.2. The summed E-state index contributed by atoms with van der Waals surface area (Å²) < 4.78 is 5.73. The van der Waals surface area contributed by atoms with Crippen LogP contribution < -0.4 is 10.5 Å². The monoisotopic (exact) mass is 287 g/mol. The quantitative estimate of drug-likeness (QED) is 0.610. The van der Waals surface area contributed by atoms with Crippen molar-refractivity contribution in [2.75, 3.05) is 12.4 Å². The van der Waals surface area contributed by atoms with E-state index >= 15 is 0 Å². The molecule has 0 bridgehead atoms. The Labute approximate surface area is 125 Å². The Balaban J connectivity index is 1.74. The minimum Gasteiger partial charge on any atom is -0.493 e. The van der Waals surface area contributed by atoms with Crippen molar-refractivity contribution < 1.29 is 4.74 Å². The maximum atomic E-state index is 5.99. The van der Waals surface area contributed by atoms with Crippen molar-refractivity contribution in [3.8, 4) is 5.75 Å². The van der Waals surface area contributed by atoms with E-state index in [1.54, 1.807) is 11.8 Å². The first kappa shape index (κ1) is 14.9. The van der Waals surface area contributed by atoms with Gasteiger partial charge < -0.3 is 10.5 Å². The molecule has 0 saturated carbocycles. The summed E-state index contributed by atoms with van der Waals surface area (Å²) in [5.41, 5.74) is 7.15. The van der Waals surface area contributed by atoms with E-state index in [0.717, 1.165) is 17.9 Å². The predicted octanol–water partition coefficient (Wildman–Crippen LogP) is 4.27. The minimum absolute atomic E-state index is 0.123. The van der Waals surface area contributed by atoms with E-state index < -0.39 is 0 Å². The summed E-state index contributed by atoms with van der Waals surface area (Å²) in [4.78, 5) is 1.28. The molecule has 20 heavy (non-hydrogen) atoms. The summed E-state index contributed by atoms with van der Waals surface area (Å²) in [6, 6.07) is 18.6. The first-order valence-corrected chi connectivity index (χ1v) is 7.94. The second kappa shape index (κ2) is 7.98. The fraction of sp³-hybridized carbons (Fsp3) is 0.294. The molecule has 2 aromatic rings. The van der Waals surface area contributed by atoms with Crippen LogP contribution in [0.15, 0.2) is 59.5 Å². The van der Waals surface area contributed by atoms with Crippen LogP contribution in [0.2, 0.25) is 0 Å². The number of rotatable bonds is 7. The Morgan fingerprint density at radius 2 is 1.75 bits per heavy atom. The number of hydrogen-bond acceptors (Lipinski definition) is 3. The van der Waals surface area contributed by atoms with Crippen molar-refractivity contribution in [3.63, 3.8) is 0 Å². The summed E-state index contributed by atoms with van der Waals surface area (Å²) in [7, 11) is 0. The van der Waals surface area contributed by atoms with Crippen LogP contribution in [0.3, 0.4) is 0 Å². The van der Waals surface area contributed by atoms with E-state index in [-0.39, 0.29) is 6.04 Å². The van der Waals surface area contributed by atoms with Gasteiger partial charge in [-0.2, -0.15) is 0 Å². The van der Waals surface area contributed by atoms with E-state index in [4.69, 9.17) is 10.5 Å². The second-order valence-electron chi connectivity index (χ2n) is 4.59. The third-order valence-electron chi connectivity index (χ3n) is 3.11. The van der Waals surface area contributed by atoms with Gasteiger partial charge in [0, 0.05) is 16.7 Å². The van der Waals surface area contributed by atoms with E-state index in [1.807, 2.05) is 30.3 Å². The topological polar surface area (TPSA) is 35.2 Å². The number of hydrogen-bond donors (Lipinski definition) is 1. The zero-order valence-corrected chi connectivity index (χ0v) is 12.6. The van der Waals surface area contributed by atoms with Crippen LogP contribution in [0.4, 0.5) is 0 Å². The van der Waals surface area contributed by atoms with Gasteiger partial charge in [0.25, 0.3) is 0 Å². The zero-order valence-electron chi connectivity index (χ0n) is 11.8. The van der Waals surface area contributed by atoms with Gasteiger partial charge in [-0.15, -0.1) is 11.8 Å². The highest BCUT2D eigenvalue weighted by atomic mass is 32.2. The molecular formula is C17H21NOS. The van der Waals surface area contributed by atoms with Gasteiger partial charge in [-0.05, 0) is 36.2 Å². The molecule has 0 spiro atoms. The molecule has 2 nitrogen and oxygen atoms in total. The van der Waals surface area contributed by atoms with Crippen LogP contribution in [-0.4, -0.2) is 12.4 Å². The van der Waals surface area contributed by atoms with E-state index in [2.05, 4.69) is 31.2 Å². The lowest BCUT2D eigenvalue weighted by Gasteiger charge is -2.10. The Morgan fingerprint density at radius 1 is 1.05 bits per heavy atom. The molecule has 2 aromatic carbocycles.